The first-order valence-corrected chi connectivity index (χ1v) is 6.01. The van der Waals surface area contributed by atoms with E-state index < -0.39 is 0 Å². The van der Waals surface area contributed by atoms with Crippen LogP contribution in [0, 0.1) is 5.92 Å². The summed E-state index contributed by atoms with van der Waals surface area (Å²) in [7, 11) is 0. The van der Waals surface area contributed by atoms with Crippen molar-refractivity contribution in [3.63, 3.8) is 0 Å². The number of alkyl halides is 1. The van der Waals surface area contributed by atoms with E-state index in [0.29, 0.717) is 11.9 Å². The molecular weight excluding hydrogens is 208 g/mol. The highest BCUT2D eigenvalue weighted by Gasteiger charge is 2.26. The Morgan fingerprint density at radius 2 is 2.27 bits per heavy atom. The Kier molecular flexibility index (Phi) is 3.15. The van der Waals surface area contributed by atoms with Crippen LogP contribution in [0.25, 0.3) is 0 Å². The van der Waals surface area contributed by atoms with E-state index in [2.05, 4.69) is 35.9 Å². The number of halogens is 1. The molecule has 0 spiro atoms. The summed E-state index contributed by atoms with van der Waals surface area (Å²) in [4.78, 5) is 6.84. The number of rotatable bonds is 2. The van der Waals surface area contributed by atoms with Gasteiger partial charge in [-0.05, 0) is 30.9 Å². The van der Waals surface area contributed by atoms with Crippen molar-refractivity contribution in [2.24, 2.45) is 5.92 Å². The zero-order valence-corrected chi connectivity index (χ0v) is 10.0. The van der Waals surface area contributed by atoms with Crippen molar-refractivity contribution < 1.29 is 0 Å². The third-order valence-electron chi connectivity index (χ3n) is 3.04. The lowest BCUT2D eigenvalue weighted by atomic mass is 10.1. The lowest BCUT2D eigenvalue weighted by Gasteiger charge is -2.22. The number of aromatic nitrogens is 1. The average molecular weight is 225 g/mol. The first-order chi connectivity index (χ1) is 7.20. The zero-order chi connectivity index (χ0) is 10.8. The van der Waals surface area contributed by atoms with Crippen molar-refractivity contribution in [3.05, 3.63) is 23.9 Å². The smallest absolute Gasteiger partial charge is 0.128 e. The molecule has 3 heteroatoms. The number of pyridine rings is 1. The largest absolute Gasteiger partial charge is 0.354 e. The normalized spacial score (nSPS) is 25.9. The van der Waals surface area contributed by atoms with E-state index in [1.54, 1.807) is 0 Å². The van der Waals surface area contributed by atoms with Gasteiger partial charge in [0.15, 0.2) is 0 Å². The first kappa shape index (κ1) is 10.7. The van der Waals surface area contributed by atoms with E-state index in [4.69, 9.17) is 11.6 Å². The summed E-state index contributed by atoms with van der Waals surface area (Å²) in [5.74, 6) is 2.40. The summed E-state index contributed by atoms with van der Waals surface area (Å²) < 4.78 is 0. The molecule has 1 fully saturated rings. The Morgan fingerprint density at radius 3 is 2.73 bits per heavy atom. The Labute approximate surface area is 96.3 Å². The van der Waals surface area contributed by atoms with Crippen LogP contribution in [0.3, 0.4) is 0 Å². The van der Waals surface area contributed by atoms with Gasteiger partial charge in [-0.3, -0.25) is 0 Å². The summed E-state index contributed by atoms with van der Waals surface area (Å²) in [6.07, 6.45) is 3.14. The van der Waals surface area contributed by atoms with Crippen molar-refractivity contribution in [1.82, 2.24) is 4.98 Å². The SMILES string of the molecule is CC1CC(C)N(c2ccc(CCl)cn2)C1. The van der Waals surface area contributed by atoms with Gasteiger partial charge in [0.05, 0.1) is 0 Å². The predicted octanol–water partition coefficient (Wildman–Crippen LogP) is 3.06. The minimum Gasteiger partial charge on any atom is -0.354 e. The summed E-state index contributed by atoms with van der Waals surface area (Å²) in [5, 5.41) is 0. The monoisotopic (exact) mass is 224 g/mol. The maximum Gasteiger partial charge on any atom is 0.128 e. The van der Waals surface area contributed by atoms with Crippen molar-refractivity contribution in [1.29, 1.82) is 0 Å². The topological polar surface area (TPSA) is 16.1 Å². The van der Waals surface area contributed by atoms with Crippen LogP contribution in [0.5, 0.6) is 0 Å². The van der Waals surface area contributed by atoms with E-state index in [1.807, 2.05) is 6.20 Å². The van der Waals surface area contributed by atoms with Crippen molar-refractivity contribution in [2.75, 3.05) is 11.4 Å². The fourth-order valence-electron chi connectivity index (χ4n) is 2.28. The average Bonchev–Trinajstić information content (AvgIpc) is 2.58. The molecule has 0 radical (unpaired) electrons. The van der Waals surface area contributed by atoms with Gasteiger partial charge >= 0.3 is 0 Å². The lowest BCUT2D eigenvalue weighted by molar-refractivity contribution is 0.625. The quantitative estimate of drug-likeness (QED) is 0.718. The van der Waals surface area contributed by atoms with E-state index in [9.17, 15) is 0 Å². The first-order valence-electron chi connectivity index (χ1n) is 5.48. The minimum absolute atomic E-state index is 0.541. The number of anilines is 1. The van der Waals surface area contributed by atoms with E-state index in [0.717, 1.165) is 23.8 Å². The molecule has 0 bridgehead atoms. The van der Waals surface area contributed by atoms with Crippen LogP contribution >= 0.6 is 11.6 Å². The van der Waals surface area contributed by atoms with Gasteiger partial charge in [0.25, 0.3) is 0 Å². The van der Waals surface area contributed by atoms with Gasteiger partial charge in [-0.25, -0.2) is 4.98 Å². The van der Waals surface area contributed by atoms with Gasteiger partial charge < -0.3 is 4.90 Å². The van der Waals surface area contributed by atoms with E-state index >= 15 is 0 Å². The fourth-order valence-corrected chi connectivity index (χ4v) is 2.44. The Hall–Kier alpha value is -0.760. The molecule has 2 heterocycles. The summed E-state index contributed by atoms with van der Waals surface area (Å²) in [6, 6.07) is 4.74. The molecule has 1 aromatic heterocycles. The second kappa shape index (κ2) is 4.40. The molecule has 1 aromatic rings. The highest BCUT2D eigenvalue weighted by atomic mass is 35.5. The Balaban J connectivity index is 2.15. The van der Waals surface area contributed by atoms with Crippen LogP contribution in [-0.2, 0) is 5.88 Å². The van der Waals surface area contributed by atoms with Crippen LogP contribution in [0.1, 0.15) is 25.8 Å². The molecule has 1 aliphatic rings. The second-order valence-corrected chi connectivity index (χ2v) is 4.77. The van der Waals surface area contributed by atoms with Crippen LogP contribution in [0.4, 0.5) is 5.82 Å². The molecule has 0 saturated carbocycles. The highest BCUT2D eigenvalue weighted by Crippen LogP contribution is 2.27. The van der Waals surface area contributed by atoms with E-state index in [-0.39, 0.29) is 0 Å². The molecule has 1 saturated heterocycles. The second-order valence-electron chi connectivity index (χ2n) is 4.50. The van der Waals surface area contributed by atoms with Crippen molar-refractivity contribution in [2.45, 2.75) is 32.2 Å². The predicted molar refractivity (Wildman–Crippen MR) is 64.4 cm³/mol. The molecule has 0 aromatic carbocycles. The molecule has 2 rings (SSSR count). The van der Waals surface area contributed by atoms with Gasteiger partial charge in [0.1, 0.15) is 5.82 Å². The maximum atomic E-state index is 5.74. The number of nitrogens with zero attached hydrogens (tertiary/aromatic N) is 2. The molecule has 2 atom stereocenters. The van der Waals surface area contributed by atoms with Gasteiger partial charge in [-0.2, -0.15) is 0 Å². The van der Waals surface area contributed by atoms with Crippen LogP contribution in [0.2, 0.25) is 0 Å². The summed E-state index contributed by atoms with van der Waals surface area (Å²) >= 11 is 5.74. The molecule has 0 aliphatic carbocycles. The molecular formula is C12H17ClN2. The Bertz CT molecular complexity index is 323. The van der Waals surface area contributed by atoms with Gasteiger partial charge in [0, 0.05) is 24.7 Å². The fraction of sp³-hybridized carbons (Fsp3) is 0.583. The van der Waals surface area contributed by atoms with Crippen molar-refractivity contribution >= 4 is 17.4 Å². The maximum absolute atomic E-state index is 5.74. The molecule has 2 unspecified atom stereocenters. The number of hydrogen-bond donors (Lipinski definition) is 0. The molecule has 15 heavy (non-hydrogen) atoms. The van der Waals surface area contributed by atoms with Crippen molar-refractivity contribution in [3.8, 4) is 0 Å². The lowest BCUT2D eigenvalue weighted by Crippen LogP contribution is -2.27. The number of hydrogen-bond acceptors (Lipinski definition) is 2. The highest BCUT2D eigenvalue weighted by molar-refractivity contribution is 6.17. The van der Waals surface area contributed by atoms with Crippen LogP contribution in [-0.4, -0.2) is 17.6 Å². The molecule has 82 valence electrons. The van der Waals surface area contributed by atoms with E-state index in [1.165, 1.54) is 6.42 Å². The molecule has 1 aliphatic heterocycles. The third-order valence-corrected chi connectivity index (χ3v) is 3.35. The zero-order valence-electron chi connectivity index (χ0n) is 9.28. The Morgan fingerprint density at radius 1 is 1.47 bits per heavy atom. The van der Waals surface area contributed by atoms with Gasteiger partial charge in [-0.1, -0.05) is 13.0 Å². The standard InChI is InChI=1S/C12H17ClN2/c1-9-5-10(2)15(8-9)12-4-3-11(6-13)7-14-12/h3-4,7,9-10H,5-6,8H2,1-2H3. The molecule has 0 N–H and O–H groups in total. The van der Waals surface area contributed by atoms with Gasteiger partial charge in [-0.15, -0.1) is 11.6 Å². The summed E-state index contributed by atoms with van der Waals surface area (Å²) in [6.45, 7) is 5.68. The summed E-state index contributed by atoms with van der Waals surface area (Å²) in [5.41, 5.74) is 1.08. The third kappa shape index (κ3) is 2.25. The van der Waals surface area contributed by atoms with Crippen LogP contribution < -0.4 is 4.90 Å². The molecule has 2 nitrogen and oxygen atoms in total. The van der Waals surface area contributed by atoms with Crippen LogP contribution in [0.15, 0.2) is 18.3 Å². The minimum atomic E-state index is 0.541. The molecule has 0 amide bonds. The van der Waals surface area contributed by atoms with Gasteiger partial charge in [0.2, 0.25) is 0 Å².